The number of ether oxygens (including phenoxy) is 1. The number of nitrogens with one attached hydrogen (secondary N) is 1. The molecule has 0 aromatic carbocycles. The van der Waals surface area contributed by atoms with Crippen LogP contribution in [0.4, 0.5) is 0 Å². The molecule has 1 rings (SSSR count). The lowest BCUT2D eigenvalue weighted by molar-refractivity contribution is 0.107. The van der Waals surface area contributed by atoms with Gasteiger partial charge in [0, 0.05) is 24.9 Å². The summed E-state index contributed by atoms with van der Waals surface area (Å²) in [6, 6.07) is 0. The fraction of sp³-hybridized carbons (Fsp3) is 1.00. The number of sulfonamides is 1. The summed E-state index contributed by atoms with van der Waals surface area (Å²) in [5, 5.41) is 0. The van der Waals surface area contributed by atoms with E-state index in [1.54, 1.807) is 0 Å². The molecule has 1 aliphatic rings. The predicted octanol–water partition coefficient (Wildman–Crippen LogP) is 1.21. The molecule has 3 unspecified atom stereocenters. The van der Waals surface area contributed by atoms with Crippen LogP contribution in [-0.2, 0) is 14.8 Å². The summed E-state index contributed by atoms with van der Waals surface area (Å²) in [4.78, 5) is 0. The van der Waals surface area contributed by atoms with Gasteiger partial charge in [-0.25, -0.2) is 13.1 Å². The first-order valence-electron chi connectivity index (χ1n) is 5.59. The van der Waals surface area contributed by atoms with Gasteiger partial charge >= 0.3 is 0 Å². The van der Waals surface area contributed by atoms with E-state index in [9.17, 15) is 8.42 Å². The van der Waals surface area contributed by atoms with Gasteiger partial charge in [-0.15, -0.1) is 11.6 Å². The van der Waals surface area contributed by atoms with Gasteiger partial charge in [-0.3, -0.25) is 0 Å². The lowest BCUT2D eigenvalue weighted by atomic mass is 10.0. The largest absolute Gasteiger partial charge is 0.378 e. The lowest BCUT2D eigenvalue weighted by Gasteiger charge is -2.16. The minimum atomic E-state index is -3.19. The van der Waals surface area contributed by atoms with Crippen LogP contribution in [0, 0.1) is 11.8 Å². The fourth-order valence-electron chi connectivity index (χ4n) is 1.76. The van der Waals surface area contributed by atoms with Crippen molar-refractivity contribution < 1.29 is 13.2 Å². The van der Waals surface area contributed by atoms with Crippen LogP contribution in [0.5, 0.6) is 0 Å². The highest BCUT2D eigenvalue weighted by molar-refractivity contribution is 7.89. The molecule has 16 heavy (non-hydrogen) atoms. The second-order valence-electron chi connectivity index (χ2n) is 4.51. The number of halogens is 1. The van der Waals surface area contributed by atoms with Gasteiger partial charge in [-0.05, 0) is 19.3 Å². The van der Waals surface area contributed by atoms with Gasteiger partial charge in [0.25, 0.3) is 0 Å². The van der Waals surface area contributed by atoms with Gasteiger partial charge in [0.2, 0.25) is 10.0 Å². The Morgan fingerprint density at radius 1 is 1.56 bits per heavy atom. The second kappa shape index (κ2) is 6.19. The Bertz CT molecular complexity index is 307. The zero-order chi connectivity index (χ0) is 12.2. The van der Waals surface area contributed by atoms with E-state index in [0.717, 1.165) is 13.0 Å². The molecule has 96 valence electrons. The SMILES string of the molecule is CC(CCl)CS(=O)(=O)NCC1CCOC1C. The van der Waals surface area contributed by atoms with Crippen LogP contribution in [-0.4, -0.2) is 39.3 Å². The summed E-state index contributed by atoms with van der Waals surface area (Å²) in [6.07, 6.45) is 1.07. The Balaban J connectivity index is 2.35. The maximum Gasteiger partial charge on any atom is 0.211 e. The van der Waals surface area contributed by atoms with Gasteiger partial charge in [0.05, 0.1) is 11.9 Å². The molecule has 1 aliphatic heterocycles. The van der Waals surface area contributed by atoms with Crippen molar-refractivity contribution in [1.82, 2.24) is 4.72 Å². The van der Waals surface area contributed by atoms with E-state index >= 15 is 0 Å². The molecule has 0 radical (unpaired) electrons. The molecule has 4 nitrogen and oxygen atoms in total. The van der Waals surface area contributed by atoms with E-state index in [0.29, 0.717) is 18.3 Å². The highest BCUT2D eigenvalue weighted by atomic mass is 35.5. The minimum Gasteiger partial charge on any atom is -0.378 e. The van der Waals surface area contributed by atoms with Crippen molar-refractivity contribution >= 4 is 21.6 Å². The van der Waals surface area contributed by atoms with Gasteiger partial charge in [0.1, 0.15) is 0 Å². The third-order valence-corrected chi connectivity index (χ3v) is 5.01. The molecule has 0 aliphatic carbocycles. The molecule has 1 heterocycles. The number of alkyl halides is 1. The smallest absolute Gasteiger partial charge is 0.211 e. The Hall–Kier alpha value is 0.160. The van der Waals surface area contributed by atoms with E-state index in [1.807, 2.05) is 13.8 Å². The van der Waals surface area contributed by atoms with E-state index in [1.165, 1.54) is 0 Å². The second-order valence-corrected chi connectivity index (χ2v) is 6.67. The molecule has 0 saturated carbocycles. The van der Waals surface area contributed by atoms with Crippen LogP contribution < -0.4 is 4.72 Å². The first-order chi connectivity index (χ1) is 7.44. The summed E-state index contributed by atoms with van der Waals surface area (Å²) < 4.78 is 31.3. The Labute approximate surface area is 103 Å². The molecule has 0 aromatic rings. The highest BCUT2D eigenvalue weighted by Gasteiger charge is 2.26. The van der Waals surface area contributed by atoms with Crippen LogP contribution in [0.3, 0.4) is 0 Å². The summed E-state index contributed by atoms with van der Waals surface area (Å²) in [7, 11) is -3.19. The molecule has 1 N–H and O–H groups in total. The average molecular weight is 270 g/mol. The summed E-state index contributed by atoms with van der Waals surface area (Å²) in [5.41, 5.74) is 0. The van der Waals surface area contributed by atoms with Gasteiger partial charge in [-0.1, -0.05) is 6.92 Å². The van der Waals surface area contributed by atoms with Crippen LogP contribution in [0.2, 0.25) is 0 Å². The van der Waals surface area contributed by atoms with Crippen molar-refractivity contribution in [2.75, 3.05) is 24.8 Å². The summed E-state index contributed by atoms with van der Waals surface area (Å²) in [6.45, 7) is 5.00. The average Bonchev–Trinajstić information content (AvgIpc) is 2.60. The first-order valence-corrected chi connectivity index (χ1v) is 7.78. The lowest BCUT2D eigenvalue weighted by Crippen LogP contribution is -2.35. The standard InChI is InChI=1S/C10H20ClNO3S/c1-8(5-11)7-16(13,14)12-6-10-3-4-15-9(10)2/h8-10,12H,3-7H2,1-2H3. The molecule has 0 amide bonds. The number of rotatable bonds is 6. The topological polar surface area (TPSA) is 55.4 Å². The quantitative estimate of drug-likeness (QED) is 0.738. The zero-order valence-corrected chi connectivity index (χ0v) is 11.4. The van der Waals surface area contributed by atoms with Crippen molar-refractivity contribution in [3.63, 3.8) is 0 Å². The number of hydrogen-bond donors (Lipinski definition) is 1. The molecular weight excluding hydrogens is 250 g/mol. The zero-order valence-electron chi connectivity index (χ0n) is 9.78. The van der Waals surface area contributed by atoms with E-state index < -0.39 is 10.0 Å². The third kappa shape index (κ3) is 4.57. The van der Waals surface area contributed by atoms with Crippen molar-refractivity contribution in [3.8, 4) is 0 Å². The minimum absolute atomic E-state index is 0.0172. The van der Waals surface area contributed by atoms with Crippen molar-refractivity contribution in [2.45, 2.75) is 26.4 Å². The van der Waals surface area contributed by atoms with Crippen LogP contribution in [0.15, 0.2) is 0 Å². The molecule has 1 saturated heterocycles. The van der Waals surface area contributed by atoms with Gasteiger partial charge in [-0.2, -0.15) is 0 Å². The molecule has 3 atom stereocenters. The van der Waals surface area contributed by atoms with Crippen LogP contribution in [0.25, 0.3) is 0 Å². The van der Waals surface area contributed by atoms with Gasteiger partial charge in [0.15, 0.2) is 0 Å². The fourth-order valence-corrected chi connectivity index (χ4v) is 3.45. The van der Waals surface area contributed by atoms with E-state index in [2.05, 4.69) is 4.72 Å². The van der Waals surface area contributed by atoms with Gasteiger partial charge < -0.3 is 4.74 Å². The van der Waals surface area contributed by atoms with Crippen LogP contribution >= 0.6 is 11.6 Å². The molecule has 0 bridgehead atoms. The van der Waals surface area contributed by atoms with E-state index in [-0.39, 0.29) is 17.8 Å². The van der Waals surface area contributed by atoms with Crippen molar-refractivity contribution in [1.29, 1.82) is 0 Å². The first kappa shape index (κ1) is 14.2. The molecule has 0 spiro atoms. The molecule has 6 heteroatoms. The molecule has 1 fully saturated rings. The third-order valence-electron chi connectivity index (χ3n) is 2.87. The monoisotopic (exact) mass is 269 g/mol. The summed E-state index contributed by atoms with van der Waals surface area (Å²) in [5.74, 6) is 0.736. The van der Waals surface area contributed by atoms with Crippen molar-refractivity contribution in [2.24, 2.45) is 11.8 Å². The molecular formula is C10H20ClNO3S. The normalized spacial score (nSPS) is 28.2. The number of hydrogen-bond acceptors (Lipinski definition) is 3. The maximum absolute atomic E-state index is 11.7. The Kier molecular flexibility index (Phi) is 5.50. The Morgan fingerprint density at radius 3 is 2.75 bits per heavy atom. The summed E-state index contributed by atoms with van der Waals surface area (Å²) >= 11 is 5.60. The predicted molar refractivity (Wildman–Crippen MR) is 65.2 cm³/mol. The maximum atomic E-state index is 11.7. The van der Waals surface area contributed by atoms with E-state index in [4.69, 9.17) is 16.3 Å². The highest BCUT2D eigenvalue weighted by Crippen LogP contribution is 2.19. The van der Waals surface area contributed by atoms with Crippen molar-refractivity contribution in [3.05, 3.63) is 0 Å². The molecule has 0 aromatic heterocycles. The van der Waals surface area contributed by atoms with Crippen LogP contribution in [0.1, 0.15) is 20.3 Å². The Morgan fingerprint density at radius 2 is 2.25 bits per heavy atom.